The van der Waals surface area contributed by atoms with Crippen molar-refractivity contribution in [3.05, 3.63) is 95.1 Å². The Morgan fingerprint density at radius 1 is 0.714 bits per heavy atom. The van der Waals surface area contributed by atoms with E-state index in [1.807, 2.05) is 11.9 Å². The summed E-state index contributed by atoms with van der Waals surface area (Å²) in [4.78, 5) is 55.9. The third-order valence-electron chi connectivity index (χ3n) is 6.36. The molecule has 2 heterocycles. The second-order valence-corrected chi connectivity index (χ2v) is 8.67. The molecule has 0 aromatic heterocycles. The number of rotatable bonds is 4. The Bertz CT molecular complexity index is 1270. The van der Waals surface area contributed by atoms with Gasteiger partial charge in [-0.1, -0.05) is 12.1 Å². The number of hydrogen-bond donors (Lipinski definition) is 1. The fraction of sp³-hybridized carbons (Fsp3) is 0.185. The van der Waals surface area contributed by atoms with Crippen LogP contribution in [-0.4, -0.2) is 66.7 Å². The van der Waals surface area contributed by atoms with Crippen LogP contribution in [-0.2, 0) is 0 Å². The van der Waals surface area contributed by atoms with E-state index in [1.54, 1.807) is 72.8 Å². The fourth-order valence-corrected chi connectivity index (χ4v) is 4.28. The highest BCUT2D eigenvalue weighted by Crippen LogP contribution is 2.28. The molecule has 0 atom stereocenters. The highest BCUT2D eigenvalue weighted by Gasteiger charge is 2.36. The summed E-state index contributed by atoms with van der Waals surface area (Å²) in [6, 6.07) is 19.8. The molecule has 0 aliphatic carbocycles. The minimum atomic E-state index is -0.381. The fourth-order valence-electron chi connectivity index (χ4n) is 4.28. The number of imide groups is 1. The molecule has 2 aliphatic heterocycles. The van der Waals surface area contributed by atoms with Crippen molar-refractivity contribution >= 4 is 35.0 Å². The SMILES string of the molecule is CN1CCN(C(=O)c2ccc(NC(=O)c3ccc(N4C(=O)c5ccccc5C4=O)cc3)cc2)CC1. The molecule has 3 aromatic carbocycles. The molecule has 0 radical (unpaired) electrons. The summed E-state index contributed by atoms with van der Waals surface area (Å²) in [5.74, 6) is -1.11. The van der Waals surface area contributed by atoms with E-state index in [0.29, 0.717) is 46.7 Å². The van der Waals surface area contributed by atoms with Crippen molar-refractivity contribution in [2.75, 3.05) is 43.4 Å². The molecule has 35 heavy (non-hydrogen) atoms. The smallest absolute Gasteiger partial charge is 0.266 e. The van der Waals surface area contributed by atoms with E-state index in [-0.39, 0.29) is 23.6 Å². The number of benzene rings is 3. The van der Waals surface area contributed by atoms with Crippen molar-refractivity contribution in [2.45, 2.75) is 0 Å². The standard InChI is InChI=1S/C27H24N4O4/c1-29-14-16-30(17-15-29)25(33)19-6-10-20(11-7-19)28-24(32)18-8-12-21(13-9-18)31-26(34)22-4-2-3-5-23(22)27(31)35/h2-13H,14-17H2,1H3,(H,28,32). The Kier molecular flexibility index (Phi) is 5.88. The van der Waals surface area contributed by atoms with Gasteiger partial charge in [-0.15, -0.1) is 0 Å². The van der Waals surface area contributed by atoms with Crippen molar-refractivity contribution in [3.8, 4) is 0 Å². The van der Waals surface area contributed by atoms with E-state index in [0.717, 1.165) is 18.0 Å². The van der Waals surface area contributed by atoms with Gasteiger partial charge in [-0.25, -0.2) is 4.90 Å². The molecule has 0 bridgehead atoms. The largest absolute Gasteiger partial charge is 0.336 e. The number of carbonyl (C=O) groups is 4. The van der Waals surface area contributed by atoms with Crippen LogP contribution in [0.5, 0.6) is 0 Å². The lowest BCUT2D eigenvalue weighted by Gasteiger charge is -2.32. The van der Waals surface area contributed by atoms with Crippen molar-refractivity contribution in [2.24, 2.45) is 0 Å². The lowest BCUT2D eigenvalue weighted by atomic mass is 10.1. The molecule has 1 fully saturated rings. The number of nitrogens with zero attached hydrogens (tertiary/aromatic N) is 3. The molecule has 0 saturated carbocycles. The number of hydrogen-bond acceptors (Lipinski definition) is 5. The first-order valence-corrected chi connectivity index (χ1v) is 11.4. The van der Waals surface area contributed by atoms with Crippen LogP contribution in [0.4, 0.5) is 11.4 Å². The maximum atomic E-state index is 12.7. The van der Waals surface area contributed by atoms with E-state index < -0.39 is 0 Å². The third kappa shape index (κ3) is 4.31. The molecular formula is C27H24N4O4. The van der Waals surface area contributed by atoms with Gasteiger partial charge in [-0.05, 0) is 67.7 Å². The molecule has 0 unspecified atom stereocenters. The van der Waals surface area contributed by atoms with Gasteiger partial charge >= 0.3 is 0 Å². The van der Waals surface area contributed by atoms with Gasteiger partial charge in [0.1, 0.15) is 0 Å². The van der Waals surface area contributed by atoms with Gasteiger partial charge in [0.15, 0.2) is 0 Å². The van der Waals surface area contributed by atoms with Gasteiger partial charge in [-0.3, -0.25) is 19.2 Å². The summed E-state index contributed by atoms with van der Waals surface area (Å²) in [5, 5.41) is 2.81. The quantitative estimate of drug-likeness (QED) is 0.595. The number of carbonyl (C=O) groups excluding carboxylic acids is 4. The molecule has 3 aromatic rings. The molecule has 2 aliphatic rings. The van der Waals surface area contributed by atoms with Crippen LogP contribution in [0.2, 0.25) is 0 Å². The normalized spacial score (nSPS) is 15.8. The lowest BCUT2D eigenvalue weighted by molar-refractivity contribution is 0.0663. The highest BCUT2D eigenvalue weighted by atomic mass is 16.2. The van der Waals surface area contributed by atoms with Gasteiger partial charge in [0, 0.05) is 43.0 Å². The molecule has 4 amide bonds. The molecule has 0 spiro atoms. The number of nitrogens with one attached hydrogen (secondary N) is 1. The average molecular weight is 469 g/mol. The summed E-state index contributed by atoms with van der Waals surface area (Å²) in [7, 11) is 2.04. The predicted octanol–water partition coefficient (Wildman–Crippen LogP) is 3.13. The van der Waals surface area contributed by atoms with E-state index >= 15 is 0 Å². The lowest BCUT2D eigenvalue weighted by Crippen LogP contribution is -2.47. The maximum Gasteiger partial charge on any atom is 0.266 e. The summed E-state index contributed by atoms with van der Waals surface area (Å²) in [6.45, 7) is 3.10. The van der Waals surface area contributed by atoms with Crippen molar-refractivity contribution in [1.82, 2.24) is 9.80 Å². The molecule has 8 heteroatoms. The maximum absolute atomic E-state index is 12.7. The average Bonchev–Trinajstić information content (AvgIpc) is 3.14. The number of amides is 4. The van der Waals surface area contributed by atoms with E-state index in [9.17, 15) is 19.2 Å². The van der Waals surface area contributed by atoms with Gasteiger partial charge in [0.2, 0.25) is 0 Å². The minimum absolute atomic E-state index is 0.0141. The first kappa shape index (κ1) is 22.5. The van der Waals surface area contributed by atoms with Crippen LogP contribution in [0.25, 0.3) is 0 Å². The van der Waals surface area contributed by atoms with Crippen LogP contribution in [0.1, 0.15) is 41.4 Å². The first-order valence-electron chi connectivity index (χ1n) is 11.4. The van der Waals surface area contributed by atoms with Gasteiger partial charge < -0.3 is 15.1 Å². The number of anilines is 2. The number of piperazine rings is 1. The van der Waals surface area contributed by atoms with Crippen LogP contribution < -0.4 is 10.2 Å². The molecule has 176 valence electrons. The monoisotopic (exact) mass is 468 g/mol. The Balaban J connectivity index is 1.23. The Labute approximate surface area is 202 Å². The van der Waals surface area contributed by atoms with Crippen LogP contribution in [0.3, 0.4) is 0 Å². The molecule has 8 nitrogen and oxygen atoms in total. The number of likely N-dealkylation sites (N-methyl/N-ethyl adjacent to an activating group) is 1. The highest BCUT2D eigenvalue weighted by molar-refractivity contribution is 6.34. The summed E-state index contributed by atoms with van der Waals surface area (Å²) < 4.78 is 0. The molecule has 1 N–H and O–H groups in total. The zero-order valence-corrected chi connectivity index (χ0v) is 19.2. The molecule has 1 saturated heterocycles. The van der Waals surface area contributed by atoms with Crippen LogP contribution in [0, 0.1) is 0 Å². The third-order valence-corrected chi connectivity index (χ3v) is 6.36. The summed E-state index contributed by atoms with van der Waals surface area (Å²) in [6.07, 6.45) is 0. The summed E-state index contributed by atoms with van der Waals surface area (Å²) in [5.41, 5.74) is 2.66. The van der Waals surface area contributed by atoms with Gasteiger partial charge in [0.25, 0.3) is 23.6 Å². The minimum Gasteiger partial charge on any atom is -0.336 e. The van der Waals surface area contributed by atoms with E-state index in [2.05, 4.69) is 10.2 Å². The van der Waals surface area contributed by atoms with E-state index in [1.165, 1.54) is 0 Å². The van der Waals surface area contributed by atoms with Crippen LogP contribution in [0.15, 0.2) is 72.8 Å². The topological polar surface area (TPSA) is 90.0 Å². The summed E-state index contributed by atoms with van der Waals surface area (Å²) >= 11 is 0. The predicted molar refractivity (Wildman–Crippen MR) is 132 cm³/mol. The van der Waals surface area contributed by atoms with Crippen molar-refractivity contribution in [3.63, 3.8) is 0 Å². The zero-order chi connectivity index (χ0) is 24.5. The second-order valence-electron chi connectivity index (χ2n) is 8.67. The molecule has 5 rings (SSSR count). The van der Waals surface area contributed by atoms with Crippen molar-refractivity contribution < 1.29 is 19.2 Å². The Hall–Kier alpha value is -4.30. The zero-order valence-electron chi connectivity index (χ0n) is 19.2. The van der Waals surface area contributed by atoms with Gasteiger partial charge in [-0.2, -0.15) is 0 Å². The first-order chi connectivity index (χ1) is 16.9. The number of fused-ring (bicyclic) bond motifs is 1. The van der Waals surface area contributed by atoms with Crippen LogP contribution >= 0.6 is 0 Å². The Morgan fingerprint density at radius 3 is 1.83 bits per heavy atom. The second kappa shape index (κ2) is 9.15. The Morgan fingerprint density at radius 2 is 1.26 bits per heavy atom. The molecular weight excluding hydrogens is 444 g/mol. The van der Waals surface area contributed by atoms with Gasteiger partial charge in [0.05, 0.1) is 16.8 Å². The van der Waals surface area contributed by atoms with E-state index in [4.69, 9.17) is 0 Å². The van der Waals surface area contributed by atoms with Crippen molar-refractivity contribution in [1.29, 1.82) is 0 Å².